The first-order valence-corrected chi connectivity index (χ1v) is 6.55. The molecule has 94 valence electrons. The number of anilines is 1. The fourth-order valence-corrected chi connectivity index (χ4v) is 2.97. The lowest BCUT2D eigenvalue weighted by molar-refractivity contribution is 0.0908. The number of amides is 1. The van der Waals surface area contributed by atoms with E-state index < -0.39 is 0 Å². The summed E-state index contributed by atoms with van der Waals surface area (Å²) in [5.74, 6) is 0.570. The largest absolute Gasteiger partial charge is 0.353 e. The van der Waals surface area contributed by atoms with Crippen molar-refractivity contribution in [3.63, 3.8) is 0 Å². The van der Waals surface area contributed by atoms with Crippen molar-refractivity contribution in [3.05, 3.63) is 42.0 Å². The summed E-state index contributed by atoms with van der Waals surface area (Å²) in [4.78, 5) is 14.3. The third-order valence-electron chi connectivity index (χ3n) is 3.98. The summed E-state index contributed by atoms with van der Waals surface area (Å²) in [5.41, 5.74) is 1.82. The first-order valence-electron chi connectivity index (χ1n) is 6.55. The number of rotatable bonds is 1. The molecule has 1 amide bonds. The number of hydrogen-bond donors (Lipinski definition) is 1. The highest BCUT2D eigenvalue weighted by Gasteiger charge is 2.33. The van der Waals surface area contributed by atoms with Crippen LogP contribution in [0.4, 0.5) is 5.69 Å². The van der Waals surface area contributed by atoms with E-state index in [4.69, 9.17) is 0 Å². The minimum atomic E-state index is 0.0586. The summed E-state index contributed by atoms with van der Waals surface area (Å²) in [6.45, 7) is 0. The SMILES string of the molecule is CN1c2ccccc2C(=O)N[C@@H]1[C@@H]1CC=CCC1. The van der Waals surface area contributed by atoms with Crippen LogP contribution >= 0.6 is 0 Å². The molecule has 3 nitrogen and oxygen atoms in total. The van der Waals surface area contributed by atoms with Crippen LogP contribution in [0.2, 0.25) is 0 Å². The molecule has 1 aromatic carbocycles. The maximum Gasteiger partial charge on any atom is 0.254 e. The van der Waals surface area contributed by atoms with Crippen molar-refractivity contribution in [1.82, 2.24) is 5.32 Å². The van der Waals surface area contributed by atoms with Crippen molar-refractivity contribution in [2.24, 2.45) is 5.92 Å². The fraction of sp³-hybridized carbons (Fsp3) is 0.400. The van der Waals surface area contributed by atoms with E-state index in [-0.39, 0.29) is 12.1 Å². The van der Waals surface area contributed by atoms with Gasteiger partial charge in [0.25, 0.3) is 5.91 Å². The zero-order valence-corrected chi connectivity index (χ0v) is 10.6. The van der Waals surface area contributed by atoms with Crippen molar-refractivity contribution >= 4 is 11.6 Å². The Labute approximate surface area is 107 Å². The first-order chi connectivity index (χ1) is 8.77. The second-order valence-electron chi connectivity index (χ2n) is 5.09. The molecule has 3 rings (SSSR count). The van der Waals surface area contributed by atoms with E-state index in [1.165, 1.54) is 0 Å². The van der Waals surface area contributed by atoms with Crippen molar-refractivity contribution in [2.45, 2.75) is 25.4 Å². The molecule has 3 heteroatoms. The lowest BCUT2D eigenvalue weighted by Gasteiger charge is -2.41. The monoisotopic (exact) mass is 242 g/mol. The second kappa shape index (κ2) is 4.48. The predicted molar refractivity (Wildman–Crippen MR) is 72.6 cm³/mol. The van der Waals surface area contributed by atoms with Gasteiger partial charge in [0, 0.05) is 13.0 Å². The van der Waals surface area contributed by atoms with Gasteiger partial charge < -0.3 is 10.2 Å². The molecule has 1 aromatic rings. The average molecular weight is 242 g/mol. The third-order valence-corrected chi connectivity index (χ3v) is 3.98. The molecule has 1 N–H and O–H groups in total. The van der Waals surface area contributed by atoms with Gasteiger partial charge in [0.2, 0.25) is 0 Å². The molecule has 0 saturated heterocycles. The molecule has 0 aromatic heterocycles. The van der Waals surface area contributed by atoms with E-state index in [1.54, 1.807) is 0 Å². The second-order valence-corrected chi connectivity index (χ2v) is 5.09. The summed E-state index contributed by atoms with van der Waals surface area (Å²) in [6.07, 6.45) is 7.90. The summed E-state index contributed by atoms with van der Waals surface area (Å²) < 4.78 is 0. The average Bonchev–Trinajstić information content (AvgIpc) is 2.44. The van der Waals surface area contributed by atoms with Gasteiger partial charge in [-0.3, -0.25) is 4.79 Å². The van der Waals surface area contributed by atoms with Crippen LogP contribution in [0.25, 0.3) is 0 Å². The Kier molecular flexibility index (Phi) is 2.82. The summed E-state index contributed by atoms with van der Waals surface area (Å²) in [5, 5.41) is 3.15. The fourth-order valence-electron chi connectivity index (χ4n) is 2.97. The number of benzene rings is 1. The third kappa shape index (κ3) is 1.80. The van der Waals surface area contributed by atoms with Gasteiger partial charge in [0.15, 0.2) is 0 Å². The molecule has 18 heavy (non-hydrogen) atoms. The Hall–Kier alpha value is -1.77. The topological polar surface area (TPSA) is 32.3 Å². The van der Waals surface area contributed by atoms with Crippen molar-refractivity contribution < 1.29 is 4.79 Å². The molecule has 1 aliphatic heterocycles. The molecule has 0 radical (unpaired) electrons. The zero-order valence-electron chi connectivity index (χ0n) is 10.6. The zero-order chi connectivity index (χ0) is 12.5. The van der Waals surface area contributed by atoms with Crippen molar-refractivity contribution in [2.75, 3.05) is 11.9 Å². The van der Waals surface area contributed by atoms with E-state index in [1.807, 2.05) is 24.3 Å². The normalized spacial score (nSPS) is 26.7. The number of nitrogens with one attached hydrogen (secondary N) is 1. The van der Waals surface area contributed by atoms with Crippen LogP contribution in [-0.4, -0.2) is 19.1 Å². The number of fused-ring (bicyclic) bond motifs is 1. The maximum atomic E-state index is 12.1. The van der Waals surface area contributed by atoms with Gasteiger partial charge in [-0.2, -0.15) is 0 Å². The van der Waals surface area contributed by atoms with Crippen LogP contribution in [0.15, 0.2) is 36.4 Å². The van der Waals surface area contributed by atoms with Crippen LogP contribution < -0.4 is 10.2 Å². The standard InChI is InChI=1S/C15H18N2O/c1-17-13-10-6-5-9-12(13)15(18)16-14(17)11-7-3-2-4-8-11/h2-3,5-6,9-11,14H,4,7-8H2,1H3,(H,16,18)/t11-,14+/m1/s1. The highest BCUT2D eigenvalue weighted by molar-refractivity contribution is 6.01. The molecule has 2 aliphatic rings. The molecule has 0 bridgehead atoms. The van der Waals surface area contributed by atoms with Gasteiger partial charge in [0.1, 0.15) is 6.17 Å². The number of nitrogens with zero attached hydrogens (tertiary/aromatic N) is 1. The lowest BCUT2D eigenvalue weighted by atomic mass is 9.89. The molecular weight excluding hydrogens is 224 g/mol. The molecule has 0 saturated carbocycles. The van der Waals surface area contributed by atoms with Crippen LogP contribution in [0.5, 0.6) is 0 Å². The molecule has 1 heterocycles. The van der Waals surface area contributed by atoms with Crippen LogP contribution in [0, 0.1) is 5.92 Å². The van der Waals surface area contributed by atoms with Gasteiger partial charge in [0.05, 0.1) is 11.3 Å². The van der Waals surface area contributed by atoms with Gasteiger partial charge in [-0.15, -0.1) is 0 Å². The van der Waals surface area contributed by atoms with Crippen molar-refractivity contribution in [1.29, 1.82) is 0 Å². The lowest BCUT2D eigenvalue weighted by Crippen LogP contribution is -2.55. The van der Waals surface area contributed by atoms with Gasteiger partial charge >= 0.3 is 0 Å². The highest BCUT2D eigenvalue weighted by Crippen LogP contribution is 2.31. The Morgan fingerprint density at radius 1 is 1.28 bits per heavy atom. The highest BCUT2D eigenvalue weighted by atomic mass is 16.2. The number of allylic oxidation sites excluding steroid dienone is 2. The number of para-hydroxylation sites is 1. The molecule has 1 aliphatic carbocycles. The minimum absolute atomic E-state index is 0.0586. The summed E-state index contributed by atoms with van der Waals surface area (Å²) in [7, 11) is 2.07. The Balaban J connectivity index is 1.92. The molecule has 0 unspecified atom stereocenters. The van der Waals surface area contributed by atoms with E-state index >= 15 is 0 Å². The predicted octanol–water partition coefficient (Wildman–Crippen LogP) is 2.55. The van der Waals surface area contributed by atoms with Crippen LogP contribution in [-0.2, 0) is 0 Å². The molecular formula is C15H18N2O. The van der Waals surface area contributed by atoms with Crippen LogP contribution in [0.3, 0.4) is 0 Å². The molecule has 0 spiro atoms. The van der Waals surface area contributed by atoms with Gasteiger partial charge in [-0.05, 0) is 31.4 Å². The first kappa shape index (κ1) is 11.3. The summed E-state index contributed by atoms with van der Waals surface area (Å²) >= 11 is 0. The van der Waals surface area contributed by atoms with E-state index in [2.05, 4.69) is 29.4 Å². The van der Waals surface area contributed by atoms with Gasteiger partial charge in [-0.1, -0.05) is 24.3 Å². The minimum Gasteiger partial charge on any atom is -0.353 e. The van der Waals surface area contributed by atoms with E-state index in [9.17, 15) is 4.79 Å². The van der Waals surface area contributed by atoms with E-state index in [0.29, 0.717) is 5.92 Å². The smallest absolute Gasteiger partial charge is 0.254 e. The Morgan fingerprint density at radius 3 is 2.89 bits per heavy atom. The Bertz CT molecular complexity index is 495. The quantitative estimate of drug-likeness (QED) is 0.768. The van der Waals surface area contributed by atoms with Gasteiger partial charge in [-0.25, -0.2) is 0 Å². The Morgan fingerprint density at radius 2 is 2.11 bits per heavy atom. The molecule has 0 fully saturated rings. The number of hydrogen-bond acceptors (Lipinski definition) is 2. The summed E-state index contributed by atoms with van der Waals surface area (Å²) in [6, 6.07) is 7.82. The maximum absolute atomic E-state index is 12.1. The van der Waals surface area contributed by atoms with Crippen LogP contribution in [0.1, 0.15) is 29.6 Å². The van der Waals surface area contributed by atoms with E-state index in [0.717, 1.165) is 30.5 Å². The van der Waals surface area contributed by atoms with Crippen molar-refractivity contribution in [3.8, 4) is 0 Å². The number of carbonyl (C=O) groups excluding carboxylic acids is 1. The molecule has 2 atom stereocenters. The number of carbonyl (C=O) groups is 1.